The molecule has 3 N–H and O–H groups in total. The summed E-state index contributed by atoms with van der Waals surface area (Å²) in [5.74, 6) is -0.742. The van der Waals surface area contributed by atoms with E-state index in [1.54, 1.807) is 13.8 Å². The first-order valence-electron chi connectivity index (χ1n) is 9.59. The van der Waals surface area contributed by atoms with Crippen molar-refractivity contribution in [2.75, 3.05) is 20.8 Å². The van der Waals surface area contributed by atoms with Crippen LogP contribution in [0.4, 0.5) is 0 Å². The molecular formula is C21H29NO8. The van der Waals surface area contributed by atoms with Crippen molar-refractivity contribution in [3.63, 3.8) is 0 Å². The largest absolute Gasteiger partial charge is 0.496 e. The minimum Gasteiger partial charge on any atom is -0.496 e. The maximum Gasteiger partial charge on any atom is 0.342 e. The van der Waals surface area contributed by atoms with Gasteiger partial charge in [0, 0.05) is 18.2 Å². The molecule has 0 saturated carbocycles. The predicted octanol–water partition coefficient (Wildman–Crippen LogP) is 2.31. The zero-order chi connectivity index (χ0) is 22.4. The van der Waals surface area contributed by atoms with Crippen LogP contribution in [0.5, 0.6) is 11.5 Å². The number of benzene rings is 1. The lowest BCUT2D eigenvalue weighted by atomic mass is 9.94. The molecule has 1 heterocycles. The summed E-state index contributed by atoms with van der Waals surface area (Å²) in [7, 11) is 2.97. The maximum atomic E-state index is 12.5. The number of cyclic esters (lactones) is 1. The zero-order valence-electron chi connectivity index (χ0n) is 17.9. The molecule has 2 unspecified atom stereocenters. The first-order chi connectivity index (χ1) is 14.2. The molecule has 0 aromatic heterocycles. The molecule has 0 amide bonds. The third-order valence-electron chi connectivity index (χ3n) is 4.85. The minimum absolute atomic E-state index is 0.127. The van der Waals surface area contributed by atoms with Gasteiger partial charge in [-0.2, -0.15) is 0 Å². The fourth-order valence-corrected chi connectivity index (χ4v) is 3.32. The van der Waals surface area contributed by atoms with Crippen LogP contribution in [0.15, 0.2) is 11.6 Å². The lowest BCUT2D eigenvalue weighted by Gasteiger charge is -2.23. The molecule has 0 bridgehead atoms. The molecule has 9 heteroatoms. The molecule has 2 atom stereocenters. The van der Waals surface area contributed by atoms with E-state index in [1.807, 2.05) is 13.0 Å². The third-order valence-corrected chi connectivity index (χ3v) is 4.85. The summed E-state index contributed by atoms with van der Waals surface area (Å²) in [6.45, 7) is 4.88. The highest BCUT2D eigenvalue weighted by molar-refractivity contribution is 5.98. The topological polar surface area (TPSA) is 127 Å². The number of carbonyl (C=O) groups excluding carboxylic acids is 1. The third kappa shape index (κ3) is 5.10. The van der Waals surface area contributed by atoms with Crippen molar-refractivity contribution < 1.29 is 38.4 Å². The molecule has 9 nitrogen and oxygen atoms in total. The zero-order valence-corrected chi connectivity index (χ0v) is 17.9. The van der Waals surface area contributed by atoms with Gasteiger partial charge in [-0.15, -0.1) is 0 Å². The molecule has 1 aromatic carbocycles. The highest BCUT2D eigenvalue weighted by Gasteiger charge is 2.34. The number of carboxylic acids is 1. The van der Waals surface area contributed by atoms with Crippen LogP contribution < -0.4 is 15.2 Å². The van der Waals surface area contributed by atoms with Crippen molar-refractivity contribution in [3.05, 3.63) is 33.9 Å². The van der Waals surface area contributed by atoms with Gasteiger partial charge in [0.05, 0.1) is 13.7 Å². The average Bonchev–Trinajstić information content (AvgIpc) is 3.09. The Bertz CT molecular complexity index is 833. The number of fused-ring (bicyclic) bond motifs is 1. The summed E-state index contributed by atoms with van der Waals surface area (Å²) in [4.78, 5) is 23.5. The molecule has 2 rings (SSSR count). The Morgan fingerprint density at radius 3 is 2.60 bits per heavy atom. The van der Waals surface area contributed by atoms with Gasteiger partial charge in [-0.25, -0.2) is 4.79 Å². The Balaban J connectivity index is 2.53. The van der Waals surface area contributed by atoms with E-state index in [9.17, 15) is 9.59 Å². The van der Waals surface area contributed by atoms with Crippen LogP contribution in [0.25, 0.3) is 0 Å². The summed E-state index contributed by atoms with van der Waals surface area (Å²) in [6.07, 6.45) is 2.35. The molecule has 0 fully saturated rings. The predicted molar refractivity (Wildman–Crippen MR) is 108 cm³/mol. The quantitative estimate of drug-likeness (QED) is 0.313. The Morgan fingerprint density at radius 1 is 1.33 bits per heavy atom. The first kappa shape index (κ1) is 23.7. The highest BCUT2D eigenvalue weighted by Crippen LogP contribution is 2.43. The molecule has 166 valence electrons. The normalized spacial score (nSPS) is 15.4. The number of esters is 1. The Labute approximate surface area is 175 Å². The molecular weight excluding hydrogens is 394 g/mol. The number of aliphatic carboxylic acids is 1. The number of nitrogens with two attached hydrogens (primary N) is 1. The smallest absolute Gasteiger partial charge is 0.342 e. The van der Waals surface area contributed by atoms with E-state index in [4.69, 9.17) is 34.5 Å². The van der Waals surface area contributed by atoms with Crippen LogP contribution in [0.2, 0.25) is 0 Å². The fourth-order valence-electron chi connectivity index (χ4n) is 3.32. The van der Waals surface area contributed by atoms with Crippen molar-refractivity contribution in [2.45, 2.75) is 52.7 Å². The van der Waals surface area contributed by atoms with Gasteiger partial charge in [0.15, 0.2) is 0 Å². The van der Waals surface area contributed by atoms with Crippen LogP contribution in [-0.2, 0) is 32.0 Å². The Kier molecular flexibility index (Phi) is 8.22. The molecule has 0 spiro atoms. The maximum absolute atomic E-state index is 12.5. The molecule has 1 aliphatic rings. The Hall–Kier alpha value is -2.62. The first-order valence-corrected chi connectivity index (χ1v) is 9.59. The number of allylic oxidation sites excluding steroid dienone is 1. The summed E-state index contributed by atoms with van der Waals surface area (Å²) in [6, 6.07) is -0.994. The van der Waals surface area contributed by atoms with E-state index in [-0.39, 0.29) is 18.8 Å². The summed E-state index contributed by atoms with van der Waals surface area (Å²) in [5, 5.41) is 9.02. The van der Waals surface area contributed by atoms with Gasteiger partial charge in [0.25, 0.3) is 0 Å². The van der Waals surface area contributed by atoms with Gasteiger partial charge < -0.3 is 34.5 Å². The van der Waals surface area contributed by atoms with Gasteiger partial charge in [0.2, 0.25) is 0 Å². The number of methoxy groups -OCH3 is 2. The van der Waals surface area contributed by atoms with Gasteiger partial charge in [0.1, 0.15) is 29.7 Å². The molecule has 1 aromatic rings. The van der Waals surface area contributed by atoms with E-state index >= 15 is 0 Å². The minimum atomic E-state index is -1.07. The van der Waals surface area contributed by atoms with Gasteiger partial charge in [-0.05, 0) is 39.2 Å². The fraction of sp³-hybridized carbons (Fsp3) is 0.524. The van der Waals surface area contributed by atoms with Crippen LogP contribution in [-0.4, -0.2) is 50.4 Å². The monoisotopic (exact) mass is 423 g/mol. The van der Waals surface area contributed by atoms with Crippen molar-refractivity contribution in [1.29, 1.82) is 0 Å². The van der Waals surface area contributed by atoms with Crippen LogP contribution in [0.1, 0.15) is 47.3 Å². The number of carbonyl (C=O) groups is 2. The second-order valence-electron chi connectivity index (χ2n) is 6.90. The molecule has 0 saturated heterocycles. The second-order valence-corrected chi connectivity index (χ2v) is 6.90. The van der Waals surface area contributed by atoms with E-state index < -0.39 is 24.5 Å². The SMILES string of the molecule is CCOC(OC)Oc1c(C/C=C(\C)CC(N)C(=O)O)c(OC)c(C)c2c1C(=O)OC2. The molecule has 0 aliphatic carbocycles. The van der Waals surface area contributed by atoms with Crippen LogP contribution >= 0.6 is 0 Å². The van der Waals surface area contributed by atoms with E-state index in [0.717, 1.165) is 11.1 Å². The summed E-state index contributed by atoms with van der Waals surface area (Å²) in [5.41, 5.74) is 8.80. The number of ether oxygens (including phenoxy) is 5. The van der Waals surface area contributed by atoms with E-state index in [2.05, 4.69) is 0 Å². The average molecular weight is 423 g/mol. The number of hydrogen-bond donors (Lipinski definition) is 2. The number of hydrogen-bond acceptors (Lipinski definition) is 8. The second kappa shape index (κ2) is 10.4. The van der Waals surface area contributed by atoms with Gasteiger partial charge >= 0.3 is 18.4 Å². The van der Waals surface area contributed by atoms with Crippen molar-refractivity contribution in [1.82, 2.24) is 0 Å². The molecule has 0 radical (unpaired) electrons. The van der Waals surface area contributed by atoms with Crippen molar-refractivity contribution in [3.8, 4) is 11.5 Å². The molecule has 30 heavy (non-hydrogen) atoms. The lowest BCUT2D eigenvalue weighted by Crippen LogP contribution is -2.30. The summed E-state index contributed by atoms with van der Waals surface area (Å²) >= 11 is 0. The van der Waals surface area contributed by atoms with Crippen molar-refractivity contribution >= 4 is 11.9 Å². The van der Waals surface area contributed by atoms with Gasteiger partial charge in [-0.3, -0.25) is 4.79 Å². The van der Waals surface area contributed by atoms with Crippen LogP contribution in [0.3, 0.4) is 0 Å². The Morgan fingerprint density at radius 2 is 2.03 bits per heavy atom. The van der Waals surface area contributed by atoms with Crippen LogP contribution in [0, 0.1) is 6.92 Å². The van der Waals surface area contributed by atoms with Crippen molar-refractivity contribution in [2.24, 2.45) is 5.73 Å². The highest BCUT2D eigenvalue weighted by atomic mass is 16.8. The van der Waals surface area contributed by atoms with Gasteiger partial charge in [-0.1, -0.05) is 11.6 Å². The lowest BCUT2D eigenvalue weighted by molar-refractivity contribution is -0.231. The number of carboxylic acid groups (broad SMARTS) is 1. The van der Waals surface area contributed by atoms with E-state index in [0.29, 0.717) is 35.5 Å². The summed E-state index contributed by atoms with van der Waals surface area (Å²) < 4.78 is 27.4. The standard InChI is InChI=1S/C21H29NO8/c1-6-28-21(27-5)30-18-13(8-7-11(2)9-15(22)19(23)24)17(26-4)12(3)14-10-29-20(25)16(14)18/h7,15,21H,6,8-10,22H2,1-5H3,(H,23,24)/b11-7+. The number of rotatable bonds is 11. The molecule has 1 aliphatic heterocycles. The van der Waals surface area contributed by atoms with E-state index in [1.165, 1.54) is 14.2 Å².